The molecule has 8 heteroatoms. The Morgan fingerprint density at radius 1 is 0.971 bits per heavy atom. The van der Waals surface area contributed by atoms with Gasteiger partial charge in [0.2, 0.25) is 5.91 Å². The Kier molecular flexibility index (Phi) is 8.65. The predicted molar refractivity (Wildman–Crippen MR) is 127 cm³/mol. The Balaban J connectivity index is 1.68. The molecule has 34 heavy (non-hydrogen) atoms. The van der Waals surface area contributed by atoms with Gasteiger partial charge in [-0.05, 0) is 34.6 Å². The number of benzene rings is 2. The van der Waals surface area contributed by atoms with Gasteiger partial charge in [-0.3, -0.25) is 4.79 Å². The summed E-state index contributed by atoms with van der Waals surface area (Å²) in [5.41, 5.74) is 4.40. The molecule has 2 aromatic rings. The van der Waals surface area contributed by atoms with Crippen molar-refractivity contribution in [2.45, 2.75) is 51.1 Å². The second-order valence-electron chi connectivity index (χ2n) is 8.68. The zero-order chi connectivity index (χ0) is 24.7. The number of fused-ring (bicyclic) bond motifs is 3. The standard InChI is InChI=1S/C26H32N2O6/c1-3-16(2)14-23(24(30)27-22(12-13-29)25(31)32)28-26(33)34-15-21-19-10-6-4-8-17(19)18-9-5-7-11-20(18)21/h4-11,16,21-23,29H,3,12-15H2,1-2H3,(H,27,30)(H,28,33)(H,31,32)/t16?,22-,23?/m0/s1. The molecular formula is C26H32N2O6. The van der Waals surface area contributed by atoms with Gasteiger partial charge >= 0.3 is 12.1 Å². The number of aliphatic hydroxyl groups is 1. The fraction of sp³-hybridized carbons (Fsp3) is 0.423. The first-order valence-electron chi connectivity index (χ1n) is 11.6. The summed E-state index contributed by atoms with van der Waals surface area (Å²) in [6.07, 6.45) is 0.259. The number of carbonyl (C=O) groups is 3. The lowest BCUT2D eigenvalue weighted by molar-refractivity contribution is -0.142. The van der Waals surface area contributed by atoms with E-state index in [1.165, 1.54) is 0 Å². The molecule has 0 bridgehead atoms. The lowest BCUT2D eigenvalue weighted by Crippen LogP contribution is -2.52. The van der Waals surface area contributed by atoms with E-state index >= 15 is 0 Å². The normalized spacial score (nSPS) is 14.9. The van der Waals surface area contributed by atoms with Gasteiger partial charge in [0.1, 0.15) is 18.7 Å². The van der Waals surface area contributed by atoms with Gasteiger partial charge in [0.15, 0.2) is 0 Å². The summed E-state index contributed by atoms with van der Waals surface area (Å²) in [7, 11) is 0. The summed E-state index contributed by atoms with van der Waals surface area (Å²) in [4.78, 5) is 36.8. The van der Waals surface area contributed by atoms with Crippen LogP contribution in [0.15, 0.2) is 48.5 Å². The highest BCUT2D eigenvalue weighted by atomic mass is 16.5. The summed E-state index contributed by atoms with van der Waals surface area (Å²) < 4.78 is 5.55. The minimum atomic E-state index is -1.24. The Morgan fingerprint density at radius 2 is 1.56 bits per heavy atom. The molecule has 8 nitrogen and oxygen atoms in total. The molecule has 2 aromatic carbocycles. The number of aliphatic hydroxyl groups excluding tert-OH is 1. The lowest BCUT2D eigenvalue weighted by atomic mass is 9.98. The van der Waals surface area contributed by atoms with Crippen LogP contribution in [0.25, 0.3) is 11.1 Å². The quantitative estimate of drug-likeness (QED) is 0.401. The van der Waals surface area contributed by atoms with Crippen LogP contribution in [0, 0.1) is 5.92 Å². The van der Waals surface area contributed by atoms with E-state index in [1.54, 1.807) is 0 Å². The number of hydrogen-bond acceptors (Lipinski definition) is 5. The van der Waals surface area contributed by atoms with Crippen LogP contribution in [0.1, 0.15) is 50.2 Å². The van der Waals surface area contributed by atoms with Gasteiger partial charge in [0.25, 0.3) is 0 Å². The number of carboxylic acids is 1. The number of carbonyl (C=O) groups excluding carboxylic acids is 2. The highest BCUT2D eigenvalue weighted by molar-refractivity contribution is 5.89. The average molecular weight is 469 g/mol. The third-order valence-electron chi connectivity index (χ3n) is 6.32. The number of ether oxygens (including phenoxy) is 1. The zero-order valence-corrected chi connectivity index (χ0v) is 19.5. The van der Waals surface area contributed by atoms with Crippen LogP contribution >= 0.6 is 0 Å². The second kappa shape index (κ2) is 11.7. The van der Waals surface area contributed by atoms with Gasteiger partial charge < -0.3 is 25.6 Å². The molecule has 0 saturated heterocycles. The van der Waals surface area contributed by atoms with E-state index in [-0.39, 0.29) is 31.5 Å². The predicted octanol–water partition coefficient (Wildman–Crippen LogP) is 3.28. The molecule has 0 heterocycles. The van der Waals surface area contributed by atoms with Crippen LogP contribution in [0.3, 0.4) is 0 Å². The molecule has 2 unspecified atom stereocenters. The Morgan fingerprint density at radius 3 is 2.09 bits per heavy atom. The number of amides is 2. The minimum Gasteiger partial charge on any atom is -0.480 e. The van der Waals surface area contributed by atoms with Crippen LogP contribution < -0.4 is 10.6 Å². The van der Waals surface area contributed by atoms with Crippen LogP contribution in [0.2, 0.25) is 0 Å². The third-order valence-corrected chi connectivity index (χ3v) is 6.32. The Hall–Kier alpha value is -3.39. The van der Waals surface area contributed by atoms with Gasteiger partial charge in [-0.25, -0.2) is 9.59 Å². The molecule has 4 N–H and O–H groups in total. The molecule has 2 amide bonds. The molecule has 0 spiro atoms. The molecule has 0 saturated carbocycles. The molecule has 182 valence electrons. The topological polar surface area (TPSA) is 125 Å². The lowest BCUT2D eigenvalue weighted by Gasteiger charge is -2.23. The summed E-state index contributed by atoms with van der Waals surface area (Å²) in [5.74, 6) is -1.85. The van der Waals surface area contributed by atoms with Crippen LogP contribution in [0.5, 0.6) is 0 Å². The van der Waals surface area contributed by atoms with Crippen molar-refractivity contribution in [1.82, 2.24) is 10.6 Å². The number of alkyl carbamates (subject to hydrolysis) is 1. The maximum Gasteiger partial charge on any atom is 0.407 e. The first kappa shape index (κ1) is 25.2. The SMILES string of the molecule is CCC(C)CC(NC(=O)OCC1c2ccccc2-c2ccccc21)C(=O)N[C@@H](CCO)C(=O)O. The highest BCUT2D eigenvalue weighted by Crippen LogP contribution is 2.44. The van der Waals surface area contributed by atoms with Crippen molar-refractivity contribution in [3.8, 4) is 11.1 Å². The van der Waals surface area contributed by atoms with E-state index in [0.717, 1.165) is 28.7 Å². The summed E-state index contributed by atoms with van der Waals surface area (Å²) >= 11 is 0. The molecule has 3 rings (SSSR count). The van der Waals surface area contributed by atoms with Gasteiger partial charge in [0.05, 0.1) is 0 Å². The molecule has 0 aromatic heterocycles. The molecule has 1 aliphatic rings. The van der Waals surface area contributed by atoms with E-state index in [2.05, 4.69) is 10.6 Å². The van der Waals surface area contributed by atoms with E-state index in [9.17, 15) is 19.5 Å². The van der Waals surface area contributed by atoms with Crippen LogP contribution in [0.4, 0.5) is 4.79 Å². The summed E-state index contributed by atoms with van der Waals surface area (Å²) in [5, 5.41) is 23.4. The average Bonchev–Trinajstić information content (AvgIpc) is 3.15. The van der Waals surface area contributed by atoms with Crippen molar-refractivity contribution >= 4 is 18.0 Å². The van der Waals surface area contributed by atoms with Gasteiger partial charge in [0, 0.05) is 18.9 Å². The monoisotopic (exact) mass is 468 g/mol. The van der Waals surface area contributed by atoms with Crippen molar-refractivity contribution in [2.75, 3.05) is 13.2 Å². The van der Waals surface area contributed by atoms with Crippen LogP contribution in [-0.4, -0.2) is 53.5 Å². The highest BCUT2D eigenvalue weighted by Gasteiger charge is 2.31. The smallest absolute Gasteiger partial charge is 0.407 e. The van der Waals surface area contributed by atoms with Crippen molar-refractivity contribution in [1.29, 1.82) is 0 Å². The Bertz CT molecular complexity index is 978. The fourth-order valence-electron chi connectivity index (χ4n) is 4.24. The maximum absolute atomic E-state index is 12.8. The van der Waals surface area contributed by atoms with Crippen molar-refractivity contribution in [2.24, 2.45) is 5.92 Å². The molecule has 0 aliphatic heterocycles. The van der Waals surface area contributed by atoms with Gasteiger partial charge in [-0.2, -0.15) is 0 Å². The summed E-state index contributed by atoms with van der Waals surface area (Å²) in [6.45, 7) is 3.65. The first-order chi connectivity index (χ1) is 16.3. The number of hydrogen-bond donors (Lipinski definition) is 4. The second-order valence-corrected chi connectivity index (χ2v) is 8.68. The first-order valence-corrected chi connectivity index (χ1v) is 11.6. The number of nitrogens with one attached hydrogen (secondary N) is 2. The third kappa shape index (κ3) is 5.94. The van der Waals surface area contributed by atoms with E-state index in [1.807, 2.05) is 62.4 Å². The summed E-state index contributed by atoms with van der Waals surface area (Å²) in [6, 6.07) is 13.8. The number of aliphatic carboxylic acids is 1. The fourth-order valence-corrected chi connectivity index (χ4v) is 4.24. The van der Waals surface area contributed by atoms with Crippen molar-refractivity contribution in [3.05, 3.63) is 59.7 Å². The molecule has 3 atom stereocenters. The van der Waals surface area contributed by atoms with E-state index < -0.39 is 30.1 Å². The van der Waals surface area contributed by atoms with Crippen molar-refractivity contribution in [3.63, 3.8) is 0 Å². The molecule has 0 fully saturated rings. The van der Waals surface area contributed by atoms with Gasteiger partial charge in [-0.15, -0.1) is 0 Å². The van der Waals surface area contributed by atoms with Crippen LogP contribution in [-0.2, 0) is 14.3 Å². The molecule has 1 aliphatic carbocycles. The maximum atomic E-state index is 12.8. The zero-order valence-electron chi connectivity index (χ0n) is 19.5. The number of carboxylic acid groups (broad SMARTS) is 1. The largest absolute Gasteiger partial charge is 0.480 e. The minimum absolute atomic E-state index is 0.110. The number of rotatable bonds is 11. The van der Waals surface area contributed by atoms with Crippen molar-refractivity contribution < 1.29 is 29.3 Å². The Labute approximate surface area is 199 Å². The van der Waals surface area contributed by atoms with Gasteiger partial charge in [-0.1, -0.05) is 68.8 Å². The molecular weight excluding hydrogens is 436 g/mol. The molecule has 0 radical (unpaired) electrons. The van der Waals surface area contributed by atoms with E-state index in [0.29, 0.717) is 6.42 Å². The van der Waals surface area contributed by atoms with E-state index in [4.69, 9.17) is 9.84 Å².